The molecule has 2 aliphatic carbocycles. The van der Waals surface area contributed by atoms with Gasteiger partial charge in [0.15, 0.2) is 0 Å². The number of carbonyl (C=O) groups excluding carboxylic acids is 1. The lowest BCUT2D eigenvalue weighted by Crippen LogP contribution is -2.48. The lowest BCUT2D eigenvalue weighted by Gasteiger charge is -2.42. The van der Waals surface area contributed by atoms with Crippen LogP contribution in [0.25, 0.3) is 0 Å². The van der Waals surface area contributed by atoms with E-state index in [2.05, 4.69) is 4.90 Å². The van der Waals surface area contributed by atoms with Gasteiger partial charge in [0, 0.05) is 18.5 Å². The zero-order chi connectivity index (χ0) is 17.3. The van der Waals surface area contributed by atoms with Crippen LogP contribution in [0.5, 0.6) is 5.75 Å². The van der Waals surface area contributed by atoms with Crippen LogP contribution in [0.2, 0.25) is 0 Å². The molecule has 3 nitrogen and oxygen atoms in total. The molecular formula is C22H33NO2. The highest BCUT2D eigenvalue weighted by atomic mass is 16.5. The predicted octanol–water partition coefficient (Wildman–Crippen LogP) is 5.34. The van der Waals surface area contributed by atoms with E-state index in [9.17, 15) is 4.79 Å². The summed E-state index contributed by atoms with van der Waals surface area (Å²) in [6.07, 6.45) is 14.1. The van der Waals surface area contributed by atoms with Crippen molar-refractivity contribution in [1.82, 2.24) is 4.90 Å². The molecule has 2 aliphatic rings. The Morgan fingerprint density at radius 2 is 1.44 bits per heavy atom. The lowest BCUT2D eigenvalue weighted by atomic mass is 9.88. The van der Waals surface area contributed by atoms with Gasteiger partial charge in [-0.05, 0) is 44.2 Å². The zero-order valence-electron chi connectivity index (χ0n) is 15.5. The first-order valence-corrected chi connectivity index (χ1v) is 10.3. The molecule has 0 heterocycles. The van der Waals surface area contributed by atoms with Gasteiger partial charge in [0.1, 0.15) is 5.75 Å². The molecule has 3 heteroatoms. The van der Waals surface area contributed by atoms with Crippen molar-refractivity contribution < 1.29 is 9.53 Å². The molecular weight excluding hydrogens is 310 g/mol. The third-order valence-electron chi connectivity index (χ3n) is 5.77. The summed E-state index contributed by atoms with van der Waals surface area (Å²) in [6.45, 7) is 0.624. The van der Waals surface area contributed by atoms with Crippen LogP contribution in [0.1, 0.15) is 77.0 Å². The molecule has 1 aromatic carbocycles. The minimum Gasteiger partial charge on any atom is -0.494 e. The van der Waals surface area contributed by atoms with Crippen LogP contribution in [-0.4, -0.2) is 29.5 Å². The van der Waals surface area contributed by atoms with Gasteiger partial charge < -0.3 is 9.64 Å². The molecule has 2 fully saturated rings. The van der Waals surface area contributed by atoms with Crippen LogP contribution in [0.15, 0.2) is 30.3 Å². The monoisotopic (exact) mass is 343 g/mol. The van der Waals surface area contributed by atoms with Gasteiger partial charge >= 0.3 is 0 Å². The lowest BCUT2D eigenvalue weighted by molar-refractivity contribution is -0.138. The Balaban J connectivity index is 1.51. The normalized spacial score (nSPS) is 19.5. The first-order chi connectivity index (χ1) is 12.3. The van der Waals surface area contributed by atoms with E-state index in [-0.39, 0.29) is 0 Å². The van der Waals surface area contributed by atoms with Gasteiger partial charge in [-0.15, -0.1) is 0 Å². The third kappa shape index (κ3) is 5.49. The second kappa shape index (κ2) is 9.84. The highest BCUT2D eigenvalue weighted by Crippen LogP contribution is 2.30. The molecule has 0 radical (unpaired) electrons. The highest BCUT2D eigenvalue weighted by Gasteiger charge is 2.31. The maximum atomic E-state index is 13.0. The quantitative estimate of drug-likeness (QED) is 0.625. The van der Waals surface area contributed by atoms with Gasteiger partial charge in [-0.25, -0.2) is 0 Å². The number of amides is 1. The second-order valence-corrected chi connectivity index (χ2v) is 7.65. The van der Waals surface area contributed by atoms with Crippen LogP contribution < -0.4 is 4.74 Å². The number of carbonyl (C=O) groups is 1. The van der Waals surface area contributed by atoms with Crippen molar-refractivity contribution in [3.8, 4) is 5.75 Å². The van der Waals surface area contributed by atoms with E-state index < -0.39 is 0 Å². The summed E-state index contributed by atoms with van der Waals surface area (Å²) in [5.41, 5.74) is 0. The van der Waals surface area contributed by atoms with Crippen LogP contribution in [0.3, 0.4) is 0 Å². The molecule has 1 amide bonds. The fourth-order valence-corrected chi connectivity index (χ4v) is 4.48. The van der Waals surface area contributed by atoms with Crippen molar-refractivity contribution in [2.24, 2.45) is 0 Å². The predicted molar refractivity (Wildman–Crippen MR) is 102 cm³/mol. The van der Waals surface area contributed by atoms with Crippen LogP contribution in [0.4, 0.5) is 0 Å². The number of rotatable bonds is 7. The molecule has 0 unspecified atom stereocenters. The molecule has 0 spiro atoms. The summed E-state index contributed by atoms with van der Waals surface area (Å²) >= 11 is 0. The van der Waals surface area contributed by atoms with E-state index in [1.807, 2.05) is 30.3 Å². The van der Waals surface area contributed by atoms with Crippen molar-refractivity contribution >= 4 is 5.91 Å². The first kappa shape index (κ1) is 18.3. The highest BCUT2D eigenvalue weighted by molar-refractivity contribution is 5.77. The largest absolute Gasteiger partial charge is 0.494 e. The van der Waals surface area contributed by atoms with Crippen LogP contribution in [0, 0.1) is 0 Å². The SMILES string of the molecule is O=C(CCCOc1ccccc1)N(C1CCCCC1)C1CCCCC1. The van der Waals surface area contributed by atoms with Crippen molar-refractivity contribution in [3.63, 3.8) is 0 Å². The number of para-hydroxylation sites is 1. The van der Waals surface area contributed by atoms with Gasteiger partial charge in [-0.2, -0.15) is 0 Å². The summed E-state index contributed by atoms with van der Waals surface area (Å²) in [7, 11) is 0. The first-order valence-electron chi connectivity index (χ1n) is 10.3. The number of ether oxygens (including phenoxy) is 1. The molecule has 0 N–H and O–H groups in total. The summed E-state index contributed by atoms with van der Waals surface area (Å²) in [4.78, 5) is 15.3. The molecule has 1 aromatic rings. The average molecular weight is 344 g/mol. The molecule has 2 saturated carbocycles. The van der Waals surface area contributed by atoms with E-state index in [1.165, 1.54) is 64.2 Å². The van der Waals surface area contributed by atoms with E-state index in [4.69, 9.17) is 4.74 Å². The molecule has 0 saturated heterocycles. The Kier molecular flexibility index (Phi) is 7.20. The number of benzene rings is 1. The standard InChI is InChI=1S/C22H33NO2/c24-22(17-10-18-25-21-15-8-3-9-16-21)23(19-11-4-1-5-12-19)20-13-6-2-7-14-20/h3,8-9,15-16,19-20H,1-2,4-7,10-14,17-18H2. The maximum Gasteiger partial charge on any atom is 0.223 e. The Morgan fingerprint density at radius 1 is 0.880 bits per heavy atom. The molecule has 0 aliphatic heterocycles. The Labute approximate surface area is 152 Å². The zero-order valence-corrected chi connectivity index (χ0v) is 15.5. The van der Waals surface area contributed by atoms with Gasteiger partial charge in [0.25, 0.3) is 0 Å². The molecule has 0 aromatic heterocycles. The fraction of sp³-hybridized carbons (Fsp3) is 0.682. The van der Waals surface area contributed by atoms with Gasteiger partial charge in [0.2, 0.25) is 5.91 Å². The maximum absolute atomic E-state index is 13.0. The smallest absolute Gasteiger partial charge is 0.223 e. The Hall–Kier alpha value is -1.51. The van der Waals surface area contributed by atoms with Crippen molar-refractivity contribution in [1.29, 1.82) is 0 Å². The fourth-order valence-electron chi connectivity index (χ4n) is 4.48. The second-order valence-electron chi connectivity index (χ2n) is 7.65. The van der Waals surface area contributed by atoms with E-state index in [1.54, 1.807) is 0 Å². The van der Waals surface area contributed by atoms with Gasteiger partial charge in [-0.3, -0.25) is 4.79 Å². The van der Waals surface area contributed by atoms with E-state index in [0.717, 1.165) is 12.2 Å². The van der Waals surface area contributed by atoms with Gasteiger partial charge in [0.05, 0.1) is 6.61 Å². The van der Waals surface area contributed by atoms with Crippen molar-refractivity contribution in [2.45, 2.75) is 89.1 Å². The summed E-state index contributed by atoms with van der Waals surface area (Å²) in [6, 6.07) is 10.9. The van der Waals surface area contributed by atoms with E-state index >= 15 is 0 Å². The number of hydrogen-bond donors (Lipinski definition) is 0. The third-order valence-corrected chi connectivity index (χ3v) is 5.77. The molecule has 0 atom stereocenters. The Bertz CT molecular complexity index is 486. The van der Waals surface area contributed by atoms with Gasteiger partial charge in [-0.1, -0.05) is 56.7 Å². The topological polar surface area (TPSA) is 29.5 Å². The van der Waals surface area contributed by atoms with E-state index in [0.29, 0.717) is 31.0 Å². The minimum atomic E-state index is 0.371. The number of nitrogens with zero attached hydrogens (tertiary/aromatic N) is 1. The molecule has 25 heavy (non-hydrogen) atoms. The van der Waals surface area contributed by atoms with Crippen molar-refractivity contribution in [2.75, 3.05) is 6.61 Å². The van der Waals surface area contributed by atoms with Crippen LogP contribution in [-0.2, 0) is 4.79 Å². The minimum absolute atomic E-state index is 0.371. The number of hydrogen-bond acceptors (Lipinski definition) is 2. The summed E-state index contributed by atoms with van der Waals surface area (Å²) in [5, 5.41) is 0. The average Bonchev–Trinajstić information content (AvgIpc) is 2.68. The molecule has 0 bridgehead atoms. The summed E-state index contributed by atoms with van der Waals surface area (Å²) in [5.74, 6) is 1.27. The summed E-state index contributed by atoms with van der Waals surface area (Å²) < 4.78 is 5.76. The van der Waals surface area contributed by atoms with Crippen LogP contribution >= 0.6 is 0 Å². The molecule has 138 valence electrons. The molecule has 3 rings (SSSR count). The Morgan fingerprint density at radius 3 is 2.00 bits per heavy atom. The van der Waals surface area contributed by atoms with Crippen molar-refractivity contribution in [3.05, 3.63) is 30.3 Å².